The topological polar surface area (TPSA) is 99.4 Å². The average molecular weight is 543 g/mol. The third-order valence-electron chi connectivity index (χ3n) is 5.67. The maximum atomic E-state index is 13.7. The van der Waals surface area contributed by atoms with Gasteiger partial charge in [-0.15, -0.1) is 0 Å². The van der Waals surface area contributed by atoms with Gasteiger partial charge in [-0.1, -0.05) is 35.1 Å². The van der Waals surface area contributed by atoms with Gasteiger partial charge in [0.2, 0.25) is 0 Å². The monoisotopic (exact) mass is 542 g/mol. The van der Waals surface area contributed by atoms with E-state index in [-0.39, 0.29) is 28.7 Å². The summed E-state index contributed by atoms with van der Waals surface area (Å²) in [7, 11) is 0. The number of carbonyl (C=O) groups excluding carboxylic acids is 1. The van der Waals surface area contributed by atoms with Gasteiger partial charge in [-0.3, -0.25) is 9.36 Å². The summed E-state index contributed by atoms with van der Waals surface area (Å²) in [4.78, 5) is 31.8. The molecule has 0 bridgehead atoms. The first kappa shape index (κ1) is 26.5. The number of hydrogen-bond acceptors (Lipinski definition) is 8. The molecule has 0 unspecified atom stereocenters. The Bertz CT molecular complexity index is 1540. The largest absolute Gasteiger partial charge is 0.503 e. The van der Waals surface area contributed by atoms with Crippen LogP contribution in [0.5, 0.6) is 17.2 Å². The smallest absolute Gasteiger partial charge is 0.338 e. The molecule has 1 aliphatic heterocycles. The lowest BCUT2D eigenvalue weighted by Gasteiger charge is -2.24. The molecule has 4 rings (SSSR count). The summed E-state index contributed by atoms with van der Waals surface area (Å²) >= 11 is 7.38. The Morgan fingerprint density at radius 1 is 1.14 bits per heavy atom. The van der Waals surface area contributed by atoms with Crippen molar-refractivity contribution in [3.63, 3.8) is 0 Å². The molecule has 37 heavy (non-hydrogen) atoms. The molecule has 0 saturated carbocycles. The molecular formula is C27H27ClN2O6S. The molecule has 2 heterocycles. The third-order valence-corrected chi connectivity index (χ3v) is 6.94. The number of benzene rings is 2. The van der Waals surface area contributed by atoms with Crippen molar-refractivity contribution in [3.05, 3.63) is 83.5 Å². The normalized spacial score (nSPS) is 15.3. The third kappa shape index (κ3) is 5.28. The van der Waals surface area contributed by atoms with E-state index in [0.29, 0.717) is 45.1 Å². The highest BCUT2D eigenvalue weighted by Crippen LogP contribution is 2.35. The van der Waals surface area contributed by atoms with E-state index >= 15 is 0 Å². The number of rotatable bonds is 8. The molecule has 0 fully saturated rings. The van der Waals surface area contributed by atoms with Gasteiger partial charge in [0.1, 0.15) is 5.75 Å². The van der Waals surface area contributed by atoms with Crippen molar-refractivity contribution in [2.24, 2.45) is 4.99 Å². The first-order valence-electron chi connectivity index (χ1n) is 11.9. The van der Waals surface area contributed by atoms with Gasteiger partial charge < -0.3 is 19.3 Å². The van der Waals surface area contributed by atoms with Crippen molar-refractivity contribution in [3.8, 4) is 17.2 Å². The van der Waals surface area contributed by atoms with Crippen LogP contribution in [-0.4, -0.2) is 35.5 Å². The van der Waals surface area contributed by atoms with Gasteiger partial charge in [0, 0.05) is 0 Å². The van der Waals surface area contributed by atoms with Crippen molar-refractivity contribution in [1.29, 1.82) is 0 Å². The quantitative estimate of drug-likeness (QED) is 0.433. The van der Waals surface area contributed by atoms with Crippen molar-refractivity contribution in [2.75, 3.05) is 19.8 Å². The molecule has 0 aliphatic carbocycles. The molecule has 0 spiro atoms. The second-order valence-electron chi connectivity index (χ2n) is 8.09. The molecule has 1 N–H and O–H groups in total. The van der Waals surface area contributed by atoms with Crippen LogP contribution in [0.4, 0.5) is 0 Å². The minimum atomic E-state index is -0.726. The van der Waals surface area contributed by atoms with Gasteiger partial charge in [0.15, 0.2) is 16.3 Å². The zero-order valence-corrected chi connectivity index (χ0v) is 22.5. The molecule has 8 nitrogen and oxygen atoms in total. The molecule has 0 saturated heterocycles. The van der Waals surface area contributed by atoms with Gasteiger partial charge >= 0.3 is 5.97 Å². The van der Waals surface area contributed by atoms with Crippen LogP contribution in [-0.2, 0) is 9.53 Å². The SMILES string of the molecule is CCOC(=O)C1=C(C)N=c2s/c(=C\c3cc(Cl)c(O)c(OCC)c3)c(=O)n2[C@H]1c1ccc(OCC)cc1. The number of nitrogens with zero attached hydrogens (tertiary/aromatic N) is 2. The molecule has 194 valence electrons. The number of allylic oxidation sites excluding steroid dienone is 1. The van der Waals surface area contributed by atoms with Gasteiger partial charge in [0.25, 0.3) is 5.56 Å². The predicted molar refractivity (Wildman–Crippen MR) is 142 cm³/mol. The average Bonchev–Trinajstić information content (AvgIpc) is 3.16. The number of aromatic nitrogens is 1. The van der Waals surface area contributed by atoms with E-state index in [2.05, 4.69) is 4.99 Å². The second kappa shape index (κ2) is 11.2. The molecular weight excluding hydrogens is 516 g/mol. The molecule has 0 radical (unpaired) electrons. The van der Waals surface area contributed by atoms with Crippen molar-refractivity contribution in [2.45, 2.75) is 33.7 Å². The molecule has 1 aliphatic rings. The maximum absolute atomic E-state index is 13.7. The van der Waals surface area contributed by atoms with E-state index < -0.39 is 12.0 Å². The second-order valence-corrected chi connectivity index (χ2v) is 9.50. The van der Waals surface area contributed by atoms with Gasteiger partial charge in [-0.2, -0.15) is 0 Å². The minimum absolute atomic E-state index is 0.109. The first-order chi connectivity index (χ1) is 17.8. The van der Waals surface area contributed by atoms with Crippen LogP contribution in [0.2, 0.25) is 5.02 Å². The van der Waals surface area contributed by atoms with E-state index in [9.17, 15) is 14.7 Å². The lowest BCUT2D eigenvalue weighted by atomic mass is 9.96. The number of thiazole rings is 1. The number of carbonyl (C=O) groups is 1. The number of aromatic hydroxyl groups is 1. The number of phenolic OH excluding ortho intramolecular Hbond substituents is 1. The number of hydrogen-bond donors (Lipinski definition) is 1. The Morgan fingerprint density at radius 3 is 2.49 bits per heavy atom. The van der Waals surface area contributed by atoms with E-state index in [1.54, 1.807) is 51.1 Å². The van der Waals surface area contributed by atoms with Crippen LogP contribution in [0.1, 0.15) is 44.9 Å². The van der Waals surface area contributed by atoms with Crippen molar-refractivity contribution in [1.82, 2.24) is 4.57 Å². The zero-order valence-electron chi connectivity index (χ0n) is 20.9. The fourth-order valence-electron chi connectivity index (χ4n) is 4.11. The highest BCUT2D eigenvalue weighted by Gasteiger charge is 2.33. The Hall–Kier alpha value is -3.56. The van der Waals surface area contributed by atoms with Crippen LogP contribution in [0, 0.1) is 0 Å². The van der Waals surface area contributed by atoms with Crippen LogP contribution in [0.3, 0.4) is 0 Å². The summed E-state index contributed by atoms with van der Waals surface area (Å²) < 4.78 is 18.3. The summed E-state index contributed by atoms with van der Waals surface area (Å²) in [6.07, 6.45) is 1.66. The number of halogens is 1. The van der Waals surface area contributed by atoms with E-state index in [1.807, 2.05) is 19.1 Å². The van der Waals surface area contributed by atoms with Crippen LogP contribution < -0.4 is 24.4 Å². The molecule has 1 atom stereocenters. The van der Waals surface area contributed by atoms with Crippen LogP contribution in [0.25, 0.3) is 6.08 Å². The van der Waals surface area contributed by atoms with E-state index in [1.165, 1.54) is 15.9 Å². The molecule has 0 amide bonds. The van der Waals surface area contributed by atoms with Crippen molar-refractivity contribution >= 4 is 35.0 Å². The predicted octanol–water partition coefficient (Wildman–Crippen LogP) is 3.95. The fraction of sp³-hybridized carbons (Fsp3) is 0.296. The lowest BCUT2D eigenvalue weighted by molar-refractivity contribution is -0.139. The first-order valence-corrected chi connectivity index (χ1v) is 13.1. The van der Waals surface area contributed by atoms with Gasteiger partial charge in [0.05, 0.1) is 46.7 Å². The number of fused-ring (bicyclic) bond motifs is 1. The Balaban J connectivity index is 1.91. The van der Waals surface area contributed by atoms with Crippen LogP contribution in [0.15, 0.2) is 57.5 Å². The number of phenols is 1. The molecule has 10 heteroatoms. The summed E-state index contributed by atoms with van der Waals surface area (Å²) in [5.74, 6) is 0.226. The Labute approximate surface area is 222 Å². The van der Waals surface area contributed by atoms with Gasteiger partial charge in [-0.25, -0.2) is 9.79 Å². The molecule has 3 aromatic rings. The lowest BCUT2D eigenvalue weighted by Crippen LogP contribution is -2.39. The molecule has 2 aromatic carbocycles. The summed E-state index contributed by atoms with van der Waals surface area (Å²) in [6, 6.07) is 9.72. The minimum Gasteiger partial charge on any atom is -0.503 e. The van der Waals surface area contributed by atoms with Crippen molar-refractivity contribution < 1.29 is 24.1 Å². The highest BCUT2D eigenvalue weighted by molar-refractivity contribution is 7.07. The van der Waals surface area contributed by atoms with Crippen LogP contribution >= 0.6 is 22.9 Å². The van der Waals surface area contributed by atoms with Gasteiger partial charge in [-0.05, 0) is 69.2 Å². The summed E-state index contributed by atoms with van der Waals surface area (Å²) in [5.41, 5.74) is 1.77. The van der Waals surface area contributed by atoms with E-state index in [0.717, 1.165) is 5.56 Å². The Morgan fingerprint density at radius 2 is 1.84 bits per heavy atom. The standard InChI is InChI=1S/C27H27ClN2O6S/c1-5-34-18-10-8-17(9-11-18)23-22(26(33)36-7-3)15(4)29-27-30(23)25(32)21(37-27)14-16-12-19(28)24(31)20(13-16)35-6-2/h8-14,23,31H,5-7H2,1-4H3/b21-14-/t23-/m0/s1. The maximum Gasteiger partial charge on any atom is 0.338 e. The number of esters is 1. The fourth-order valence-corrected chi connectivity index (χ4v) is 5.38. The zero-order chi connectivity index (χ0) is 26.7. The number of ether oxygens (including phenoxy) is 3. The van der Waals surface area contributed by atoms with E-state index in [4.69, 9.17) is 25.8 Å². The molecule has 1 aromatic heterocycles. The Kier molecular flexibility index (Phi) is 8.04. The summed E-state index contributed by atoms with van der Waals surface area (Å²) in [5, 5.41) is 10.3. The highest BCUT2D eigenvalue weighted by atomic mass is 35.5. The summed E-state index contributed by atoms with van der Waals surface area (Å²) in [6.45, 7) is 8.21.